The van der Waals surface area contributed by atoms with Crippen LogP contribution in [-0.2, 0) is 14.6 Å². The zero-order chi connectivity index (χ0) is 11.4. The van der Waals surface area contributed by atoms with Crippen molar-refractivity contribution in [2.24, 2.45) is 5.41 Å². The molecule has 1 aliphatic heterocycles. The van der Waals surface area contributed by atoms with Crippen LogP contribution in [0, 0.1) is 5.41 Å². The molecule has 0 amide bonds. The third-order valence-electron chi connectivity index (χ3n) is 3.22. The van der Waals surface area contributed by atoms with Crippen molar-refractivity contribution in [1.29, 1.82) is 0 Å². The second kappa shape index (κ2) is 5.64. The maximum atomic E-state index is 11.5. The van der Waals surface area contributed by atoms with Gasteiger partial charge in [-0.2, -0.15) is 0 Å². The van der Waals surface area contributed by atoms with Gasteiger partial charge < -0.3 is 4.74 Å². The Labute approximate surface area is 101 Å². The quantitative estimate of drug-likeness (QED) is 0.729. The van der Waals surface area contributed by atoms with Crippen LogP contribution in [0.2, 0.25) is 0 Å². The summed E-state index contributed by atoms with van der Waals surface area (Å²) in [6, 6.07) is 0. The minimum Gasteiger partial charge on any atom is -0.381 e. The van der Waals surface area contributed by atoms with Gasteiger partial charge >= 0.3 is 0 Å². The Balaban J connectivity index is 2.53. The molecule has 0 aromatic heterocycles. The van der Waals surface area contributed by atoms with Crippen LogP contribution in [0.25, 0.3) is 0 Å². The fraction of sp³-hybridized carbons (Fsp3) is 1.00. The maximum Gasteiger partial charge on any atom is 0.150 e. The second-order valence-electron chi connectivity index (χ2n) is 4.23. The molecule has 3 nitrogen and oxygen atoms in total. The molecule has 1 aliphatic rings. The molecule has 1 fully saturated rings. The first-order chi connectivity index (χ1) is 7.04. The lowest BCUT2D eigenvalue weighted by Gasteiger charge is -2.35. The van der Waals surface area contributed by atoms with Gasteiger partial charge in [0.2, 0.25) is 0 Å². The molecule has 0 aromatic rings. The molecule has 1 heterocycles. The predicted molar refractivity (Wildman–Crippen MR) is 65.2 cm³/mol. The number of alkyl halides is 1. The average Bonchev–Trinajstić information content (AvgIpc) is 2.28. The fourth-order valence-corrected chi connectivity index (χ4v) is 3.64. The van der Waals surface area contributed by atoms with E-state index in [-0.39, 0.29) is 11.2 Å². The highest BCUT2D eigenvalue weighted by molar-refractivity contribution is 9.09. The Morgan fingerprint density at radius 2 is 1.93 bits per heavy atom. The molecular weight excluding hydrogens is 280 g/mol. The highest BCUT2D eigenvalue weighted by Gasteiger charge is 2.32. The van der Waals surface area contributed by atoms with E-state index in [1.54, 1.807) is 6.92 Å². The lowest BCUT2D eigenvalue weighted by molar-refractivity contribution is 0.0254. The lowest BCUT2D eigenvalue weighted by atomic mass is 9.80. The molecule has 0 spiro atoms. The molecule has 0 radical (unpaired) electrons. The van der Waals surface area contributed by atoms with E-state index >= 15 is 0 Å². The Kier molecular flexibility index (Phi) is 5.06. The number of ether oxygens (including phenoxy) is 1. The predicted octanol–water partition coefficient (Wildman–Crippen LogP) is 2.00. The van der Waals surface area contributed by atoms with E-state index in [0.717, 1.165) is 37.8 Å². The van der Waals surface area contributed by atoms with E-state index in [0.29, 0.717) is 5.75 Å². The largest absolute Gasteiger partial charge is 0.381 e. The molecular formula is C10H19BrO3S. The average molecular weight is 299 g/mol. The summed E-state index contributed by atoms with van der Waals surface area (Å²) in [4.78, 5) is 0. The van der Waals surface area contributed by atoms with Gasteiger partial charge in [-0.25, -0.2) is 8.42 Å². The van der Waals surface area contributed by atoms with Gasteiger partial charge in [-0.1, -0.05) is 22.9 Å². The van der Waals surface area contributed by atoms with Crippen molar-refractivity contribution < 1.29 is 13.2 Å². The summed E-state index contributed by atoms with van der Waals surface area (Å²) in [5, 5.41) is 0.878. The summed E-state index contributed by atoms with van der Waals surface area (Å²) in [6.45, 7) is 3.23. The Morgan fingerprint density at radius 1 is 1.33 bits per heavy atom. The van der Waals surface area contributed by atoms with Crippen LogP contribution in [0.5, 0.6) is 0 Å². The molecule has 5 heteroatoms. The van der Waals surface area contributed by atoms with Gasteiger partial charge in [0, 0.05) is 24.3 Å². The van der Waals surface area contributed by atoms with Crippen molar-refractivity contribution >= 4 is 25.8 Å². The van der Waals surface area contributed by atoms with E-state index < -0.39 is 9.84 Å². The highest BCUT2D eigenvalue weighted by Crippen LogP contribution is 2.36. The molecule has 0 saturated carbocycles. The van der Waals surface area contributed by atoms with E-state index in [1.165, 1.54) is 0 Å². The first-order valence-electron chi connectivity index (χ1n) is 5.38. The van der Waals surface area contributed by atoms with Crippen molar-refractivity contribution in [2.75, 3.05) is 30.0 Å². The molecule has 15 heavy (non-hydrogen) atoms. The zero-order valence-electron chi connectivity index (χ0n) is 9.17. The topological polar surface area (TPSA) is 43.4 Å². The summed E-state index contributed by atoms with van der Waals surface area (Å²) >= 11 is 3.51. The lowest BCUT2D eigenvalue weighted by Crippen LogP contribution is -2.33. The van der Waals surface area contributed by atoms with E-state index in [4.69, 9.17) is 4.74 Å². The van der Waals surface area contributed by atoms with Gasteiger partial charge in [0.05, 0.1) is 5.75 Å². The van der Waals surface area contributed by atoms with Crippen molar-refractivity contribution in [1.82, 2.24) is 0 Å². The number of sulfone groups is 1. The van der Waals surface area contributed by atoms with Gasteiger partial charge in [0.1, 0.15) is 9.84 Å². The third kappa shape index (κ3) is 4.04. The van der Waals surface area contributed by atoms with Gasteiger partial charge in [-0.15, -0.1) is 0 Å². The van der Waals surface area contributed by atoms with Crippen molar-refractivity contribution in [3.63, 3.8) is 0 Å². The van der Waals surface area contributed by atoms with E-state index in [9.17, 15) is 8.42 Å². The number of hydrogen-bond acceptors (Lipinski definition) is 3. The van der Waals surface area contributed by atoms with Gasteiger partial charge in [-0.3, -0.25) is 0 Å². The van der Waals surface area contributed by atoms with E-state index in [2.05, 4.69) is 15.9 Å². The standard InChI is InChI=1S/C10H19BrO3S/c1-2-15(12,13)8-5-10(9-11)3-6-14-7-4-10/h2-9H2,1H3. The first-order valence-corrected chi connectivity index (χ1v) is 8.32. The summed E-state index contributed by atoms with van der Waals surface area (Å²) < 4.78 is 28.2. The Bertz CT molecular complexity index is 281. The number of rotatable bonds is 5. The van der Waals surface area contributed by atoms with Crippen molar-refractivity contribution in [2.45, 2.75) is 26.2 Å². The summed E-state index contributed by atoms with van der Waals surface area (Å²) in [7, 11) is -2.83. The van der Waals surface area contributed by atoms with Crippen LogP contribution >= 0.6 is 15.9 Å². The molecule has 0 atom stereocenters. The molecule has 1 rings (SSSR count). The number of halogens is 1. The molecule has 0 aliphatic carbocycles. The minimum absolute atomic E-state index is 0.139. The monoisotopic (exact) mass is 298 g/mol. The zero-order valence-corrected chi connectivity index (χ0v) is 11.6. The van der Waals surface area contributed by atoms with Crippen LogP contribution < -0.4 is 0 Å². The summed E-state index contributed by atoms with van der Waals surface area (Å²) in [5.74, 6) is 0.566. The first kappa shape index (κ1) is 13.5. The van der Waals surface area contributed by atoms with Gasteiger partial charge in [0.15, 0.2) is 0 Å². The SMILES string of the molecule is CCS(=O)(=O)CCC1(CBr)CCOCC1. The van der Waals surface area contributed by atoms with Crippen molar-refractivity contribution in [3.05, 3.63) is 0 Å². The Morgan fingerprint density at radius 3 is 2.40 bits per heavy atom. The van der Waals surface area contributed by atoms with Crippen LogP contribution in [0.1, 0.15) is 26.2 Å². The van der Waals surface area contributed by atoms with Crippen LogP contribution in [0.15, 0.2) is 0 Å². The number of hydrogen-bond donors (Lipinski definition) is 0. The van der Waals surface area contributed by atoms with Gasteiger partial charge in [0.25, 0.3) is 0 Å². The Hall–Kier alpha value is 0.390. The van der Waals surface area contributed by atoms with E-state index in [1.807, 2.05) is 0 Å². The normalized spacial score (nSPS) is 21.5. The molecule has 0 N–H and O–H groups in total. The second-order valence-corrected chi connectivity index (χ2v) is 7.27. The molecule has 0 aromatic carbocycles. The molecule has 0 unspecified atom stereocenters. The maximum absolute atomic E-state index is 11.5. The smallest absolute Gasteiger partial charge is 0.150 e. The van der Waals surface area contributed by atoms with Crippen LogP contribution in [-0.4, -0.2) is 38.5 Å². The highest BCUT2D eigenvalue weighted by atomic mass is 79.9. The minimum atomic E-state index is -2.83. The van der Waals surface area contributed by atoms with Crippen LogP contribution in [0.3, 0.4) is 0 Å². The summed E-state index contributed by atoms with van der Waals surface area (Å²) in [6.07, 6.45) is 2.70. The molecule has 1 saturated heterocycles. The third-order valence-corrected chi connectivity index (χ3v) is 6.12. The molecule has 90 valence electrons. The van der Waals surface area contributed by atoms with Gasteiger partial charge in [-0.05, 0) is 24.7 Å². The summed E-state index contributed by atoms with van der Waals surface area (Å²) in [5.41, 5.74) is 0.139. The van der Waals surface area contributed by atoms with Crippen molar-refractivity contribution in [3.8, 4) is 0 Å². The molecule has 0 bridgehead atoms. The van der Waals surface area contributed by atoms with Crippen LogP contribution in [0.4, 0.5) is 0 Å². The fourth-order valence-electron chi connectivity index (χ4n) is 1.77.